The molecule has 106 valence electrons. The fraction of sp³-hybridized carbons (Fsp3) is 0.286. The van der Waals surface area contributed by atoms with Crippen LogP contribution in [-0.4, -0.2) is 16.1 Å². The molecule has 2 aromatic rings. The summed E-state index contributed by atoms with van der Waals surface area (Å²) in [6, 6.07) is 4.89. The van der Waals surface area contributed by atoms with Crippen molar-refractivity contribution in [1.29, 1.82) is 0 Å². The van der Waals surface area contributed by atoms with E-state index in [1.807, 2.05) is 13.0 Å². The van der Waals surface area contributed by atoms with Crippen molar-refractivity contribution in [1.82, 2.24) is 4.98 Å². The maximum Gasteiger partial charge on any atom is 0.347 e. The molecule has 4 nitrogen and oxygen atoms in total. The summed E-state index contributed by atoms with van der Waals surface area (Å²) in [6.07, 6.45) is 0. The van der Waals surface area contributed by atoms with Crippen LogP contribution in [0.2, 0.25) is 0 Å². The molecule has 0 saturated carbocycles. The van der Waals surface area contributed by atoms with Crippen LogP contribution in [-0.2, 0) is 0 Å². The third-order valence-electron chi connectivity index (χ3n) is 3.03. The molecule has 1 heterocycles. The average molecular weight is 294 g/mol. The van der Waals surface area contributed by atoms with E-state index in [-0.39, 0.29) is 16.7 Å². The Kier molecular flexibility index (Phi) is 4.04. The lowest BCUT2D eigenvalue weighted by Crippen LogP contribution is -2.06. The third-order valence-corrected chi connectivity index (χ3v) is 4.10. The van der Waals surface area contributed by atoms with Gasteiger partial charge in [-0.05, 0) is 38.0 Å². The number of aromatic nitrogens is 1. The minimum atomic E-state index is -0.984. The van der Waals surface area contributed by atoms with Crippen LogP contribution in [0.3, 0.4) is 0 Å². The maximum absolute atomic E-state index is 13.5. The summed E-state index contributed by atoms with van der Waals surface area (Å²) in [5, 5.41) is 12.6. The van der Waals surface area contributed by atoms with Gasteiger partial charge in [0.25, 0.3) is 0 Å². The summed E-state index contributed by atoms with van der Waals surface area (Å²) in [6.45, 7) is 5.24. The Balaban J connectivity index is 2.18. The SMILES string of the molecule is Cc1ccc(C(C)Nc2nc(C)c(C(=O)O)s2)cc1F. The molecule has 0 amide bonds. The number of benzene rings is 1. The molecule has 0 aliphatic heterocycles. The van der Waals surface area contributed by atoms with Crippen LogP contribution in [0.4, 0.5) is 9.52 Å². The molecule has 0 bridgehead atoms. The molecule has 6 heteroatoms. The highest BCUT2D eigenvalue weighted by Crippen LogP contribution is 2.27. The number of thiazole rings is 1. The summed E-state index contributed by atoms with van der Waals surface area (Å²) in [7, 11) is 0. The molecule has 2 N–H and O–H groups in total. The van der Waals surface area contributed by atoms with E-state index in [1.165, 1.54) is 6.07 Å². The molecule has 0 spiro atoms. The number of nitrogens with one attached hydrogen (secondary N) is 1. The Bertz CT molecular complexity index is 655. The van der Waals surface area contributed by atoms with Gasteiger partial charge < -0.3 is 10.4 Å². The zero-order chi connectivity index (χ0) is 14.9. The number of aromatic carboxylic acids is 1. The second kappa shape index (κ2) is 5.58. The highest BCUT2D eigenvalue weighted by atomic mass is 32.1. The van der Waals surface area contributed by atoms with Crippen LogP contribution in [0.25, 0.3) is 0 Å². The minimum Gasteiger partial charge on any atom is -0.477 e. The van der Waals surface area contributed by atoms with Crippen molar-refractivity contribution >= 4 is 22.4 Å². The number of carboxylic acid groups (broad SMARTS) is 1. The normalized spacial score (nSPS) is 12.2. The van der Waals surface area contributed by atoms with Crippen molar-refractivity contribution in [2.75, 3.05) is 5.32 Å². The van der Waals surface area contributed by atoms with Crippen LogP contribution >= 0.6 is 11.3 Å². The third kappa shape index (κ3) is 2.96. The smallest absolute Gasteiger partial charge is 0.347 e. The van der Waals surface area contributed by atoms with Crippen molar-refractivity contribution in [3.05, 3.63) is 45.7 Å². The molecule has 2 rings (SSSR count). The number of anilines is 1. The van der Waals surface area contributed by atoms with Gasteiger partial charge in [-0.2, -0.15) is 0 Å². The van der Waals surface area contributed by atoms with Gasteiger partial charge in [0.15, 0.2) is 5.13 Å². The summed E-state index contributed by atoms with van der Waals surface area (Å²) in [4.78, 5) is 15.4. The first-order valence-electron chi connectivity index (χ1n) is 6.11. The highest BCUT2D eigenvalue weighted by Gasteiger charge is 2.16. The molecule has 20 heavy (non-hydrogen) atoms. The van der Waals surface area contributed by atoms with Crippen LogP contribution in [0.1, 0.15) is 39.5 Å². The molecule has 1 atom stereocenters. The first-order valence-corrected chi connectivity index (χ1v) is 6.93. The molecule has 1 unspecified atom stereocenters. The fourth-order valence-corrected chi connectivity index (χ4v) is 2.70. The van der Waals surface area contributed by atoms with Crippen LogP contribution in [0, 0.1) is 19.7 Å². The van der Waals surface area contributed by atoms with E-state index in [4.69, 9.17) is 5.11 Å². The first kappa shape index (κ1) is 14.5. The summed E-state index contributed by atoms with van der Waals surface area (Å²) < 4.78 is 13.5. The Hall–Kier alpha value is -1.95. The van der Waals surface area contributed by atoms with Gasteiger partial charge in [-0.3, -0.25) is 0 Å². The Labute approximate surface area is 120 Å². The standard InChI is InChI=1S/C14H15FN2O2S/c1-7-4-5-10(6-11(7)15)8(2)16-14-17-9(3)12(20-14)13(18)19/h4-6,8H,1-3H3,(H,16,17)(H,18,19). The van der Waals surface area contributed by atoms with E-state index in [1.54, 1.807) is 19.9 Å². The topological polar surface area (TPSA) is 62.2 Å². The highest BCUT2D eigenvalue weighted by molar-refractivity contribution is 7.17. The van der Waals surface area contributed by atoms with E-state index >= 15 is 0 Å². The zero-order valence-electron chi connectivity index (χ0n) is 11.4. The molecular formula is C14H15FN2O2S. The van der Waals surface area contributed by atoms with Crippen LogP contribution < -0.4 is 5.32 Å². The van der Waals surface area contributed by atoms with E-state index in [9.17, 15) is 9.18 Å². The molecule has 0 saturated heterocycles. The maximum atomic E-state index is 13.5. The number of aryl methyl sites for hydroxylation is 2. The molecule has 0 radical (unpaired) electrons. The van der Waals surface area contributed by atoms with E-state index < -0.39 is 5.97 Å². The number of rotatable bonds is 4. The van der Waals surface area contributed by atoms with Crippen molar-refractivity contribution in [3.8, 4) is 0 Å². The Morgan fingerprint density at radius 3 is 2.70 bits per heavy atom. The van der Waals surface area contributed by atoms with E-state index in [2.05, 4.69) is 10.3 Å². The van der Waals surface area contributed by atoms with Crippen LogP contribution in [0.15, 0.2) is 18.2 Å². The van der Waals surface area contributed by atoms with Gasteiger partial charge in [0.2, 0.25) is 0 Å². The quantitative estimate of drug-likeness (QED) is 0.901. The van der Waals surface area contributed by atoms with Crippen LogP contribution in [0.5, 0.6) is 0 Å². The number of nitrogens with zero attached hydrogens (tertiary/aromatic N) is 1. The molecule has 1 aromatic carbocycles. The lowest BCUT2D eigenvalue weighted by atomic mass is 10.1. The van der Waals surface area contributed by atoms with Gasteiger partial charge in [0, 0.05) is 0 Å². The van der Waals surface area contributed by atoms with Gasteiger partial charge >= 0.3 is 5.97 Å². The molecular weight excluding hydrogens is 279 g/mol. The number of carboxylic acids is 1. The first-order chi connectivity index (χ1) is 9.38. The number of carbonyl (C=O) groups is 1. The second-order valence-electron chi connectivity index (χ2n) is 4.61. The second-order valence-corrected chi connectivity index (χ2v) is 5.61. The van der Waals surface area contributed by atoms with Gasteiger partial charge in [-0.1, -0.05) is 23.5 Å². The van der Waals surface area contributed by atoms with Gasteiger partial charge in [-0.15, -0.1) is 0 Å². The summed E-state index contributed by atoms with van der Waals surface area (Å²) >= 11 is 1.08. The van der Waals surface area contributed by atoms with Crippen molar-refractivity contribution in [2.24, 2.45) is 0 Å². The lowest BCUT2D eigenvalue weighted by molar-refractivity contribution is 0.0701. The summed E-state index contributed by atoms with van der Waals surface area (Å²) in [5.41, 5.74) is 1.87. The predicted octanol–water partition coefficient (Wildman–Crippen LogP) is 3.77. The molecule has 0 fully saturated rings. The monoisotopic (exact) mass is 294 g/mol. The average Bonchev–Trinajstić information content (AvgIpc) is 2.73. The molecule has 0 aliphatic carbocycles. The molecule has 1 aromatic heterocycles. The lowest BCUT2D eigenvalue weighted by Gasteiger charge is -2.13. The number of hydrogen-bond acceptors (Lipinski definition) is 4. The van der Waals surface area contributed by atoms with Gasteiger partial charge in [0.1, 0.15) is 10.7 Å². The van der Waals surface area contributed by atoms with Crippen molar-refractivity contribution in [3.63, 3.8) is 0 Å². The minimum absolute atomic E-state index is 0.155. The number of hydrogen-bond donors (Lipinski definition) is 2. The van der Waals surface area contributed by atoms with Crippen molar-refractivity contribution < 1.29 is 14.3 Å². The van der Waals surface area contributed by atoms with E-state index in [0.29, 0.717) is 16.4 Å². The zero-order valence-corrected chi connectivity index (χ0v) is 12.2. The van der Waals surface area contributed by atoms with Gasteiger partial charge in [-0.25, -0.2) is 14.2 Å². The van der Waals surface area contributed by atoms with Crippen molar-refractivity contribution in [2.45, 2.75) is 26.8 Å². The van der Waals surface area contributed by atoms with Gasteiger partial charge in [0.05, 0.1) is 11.7 Å². The largest absolute Gasteiger partial charge is 0.477 e. The summed E-state index contributed by atoms with van der Waals surface area (Å²) in [5.74, 6) is -1.24. The Morgan fingerprint density at radius 2 is 2.15 bits per heavy atom. The number of halogens is 1. The molecule has 0 aliphatic rings. The predicted molar refractivity (Wildman–Crippen MR) is 77.0 cm³/mol. The van der Waals surface area contributed by atoms with E-state index in [0.717, 1.165) is 16.9 Å². The fourth-order valence-electron chi connectivity index (χ4n) is 1.80. The Morgan fingerprint density at radius 1 is 1.45 bits per heavy atom.